The Morgan fingerprint density at radius 2 is 1.56 bits per heavy atom. The van der Waals surface area contributed by atoms with Crippen molar-refractivity contribution in [1.82, 2.24) is 9.55 Å². The summed E-state index contributed by atoms with van der Waals surface area (Å²) in [6.07, 6.45) is 3.82. The van der Waals surface area contributed by atoms with Crippen molar-refractivity contribution in [3.05, 3.63) is 101 Å². The highest BCUT2D eigenvalue weighted by molar-refractivity contribution is 5.80. The lowest BCUT2D eigenvalue weighted by Crippen LogP contribution is -2.22. The van der Waals surface area contributed by atoms with Gasteiger partial charge in [0.25, 0.3) is 5.56 Å². The summed E-state index contributed by atoms with van der Waals surface area (Å²) in [5.41, 5.74) is 2.37. The molecular weight excluding hydrogens is 336 g/mol. The van der Waals surface area contributed by atoms with Crippen LogP contribution < -0.4 is 10.3 Å². The number of fused-ring (bicyclic) bond motifs is 1. The molecule has 0 amide bonds. The molecule has 0 atom stereocenters. The minimum absolute atomic E-state index is 0.0986. The number of hydrogen-bond donors (Lipinski definition) is 0. The summed E-state index contributed by atoms with van der Waals surface area (Å²) in [4.78, 5) is 17.9. The monoisotopic (exact) mass is 354 g/mol. The Bertz CT molecular complexity index is 1160. The van der Waals surface area contributed by atoms with E-state index in [9.17, 15) is 4.79 Å². The molecule has 0 radical (unpaired) electrons. The van der Waals surface area contributed by atoms with Crippen molar-refractivity contribution in [2.75, 3.05) is 7.11 Å². The highest BCUT2D eigenvalue weighted by Gasteiger charge is 2.11. The fourth-order valence-electron chi connectivity index (χ4n) is 2.98. The summed E-state index contributed by atoms with van der Waals surface area (Å²) >= 11 is 0. The molecule has 1 heterocycles. The van der Waals surface area contributed by atoms with Crippen LogP contribution in [0, 0.1) is 0 Å². The number of benzene rings is 3. The molecule has 132 valence electrons. The second kappa shape index (κ2) is 7.30. The number of nitrogens with zero attached hydrogens (tertiary/aromatic N) is 2. The van der Waals surface area contributed by atoms with Gasteiger partial charge in [0.05, 0.1) is 23.7 Å². The molecule has 0 aliphatic rings. The topological polar surface area (TPSA) is 44.1 Å². The van der Waals surface area contributed by atoms with E-state index in [-0.39, 0.29) is 5.56 Å². The normalized spacial score (nSPS) is 11.1. The Kier molecular flexibility index (Phi) is 4.54. The van der Waals surface area contributed by atoms with Gasteiger partial charge in [-0.05, 0) is 48.0 Å². The molecule has 0 saturated carbocycles. The number of hydrogen-bond acceptors (Lipinski definition) is 3. The number of rotatable bonds is 4. The number of ether oxygens (including phenoxy) is 1. The molecular formula is C23H18N2O2. The highest BCUT2D eigenvalue weighted by Crippen LogP contribution is 2.18. The van der Waals surface area contributed by atoms with E-state index in [0.29, 0.717) is 16.7 Å². The highest BCUT2D eigenvalue weighted by atomic mass is 16.5. The van der Waals surface area contributed by atoms with Crippen molar-refractivity contribution < 1.29 is 4.74 Å². The third-order valence-electron chi connectivity index (χ3n) is 4.36. The predicted molar refractivity (Wildman–Crippen MR) is 109 cm³/mol. The Labute approximate surface area is 157 Å². The molecule has 0 aliphatic heterocycles. The first-order chi connectivity index (χ1) is 13.3. The minimum atomic E-state index is -0.0986. The molecule has 0 fully saturated rings. The lowest BCUT2D eigenvalue weighted by Gasteiger charge is -2.12. The molecule has 3 aromatic carbocycles. The van der Waals surface area contributed by atoms with Crippen LogP contribution in [0.3, 0.4) is 0 Å². The SMILES string of the molecule is COc1ccc(-n2c(/C=C/c3ccccc3)nc3ccccc3c2=O)cc1. The maximum absolute atomic E-state index is 13.2. The van der Waals surface area contributed by atoms with E-state index >= 15 is 0 Å². The van der Waals surface area contributed by atoms with Gasteiger partial charge in [-0.2, -0.15) is 0 Å². The van der Waals surface area contributed by atoms with Gasteiger partial charge in [0.1, 0.15) is 11.6 Å². The number of para-hydroxylation sites is 1. The van der Waals surface area contributed by atoms with E-state index in [1.165, 1.54) is 0 Å². The van der Waals surface area contributed by atoms with E-state index in [2.05, 4.69) is 0 Å². The zero-order valence-electron chi connectivity index (χ0n) is 14.9. The molecule has 4 heteroatoms. The summed E-state index contributed by atoms with van der Waals surface area (Å²) in [7, 11) is 1.62. The van der Waals surface area contributed by atoms with Crippen molar-refractivity contribution in [3.63, 3.8) is 0 Å². The third-order valence-corrected chi connectivity index (χ3v) is 4.36. The van der Waals surface area contributed by atoms with Crippen molar-refractivity contribution in [2.24, 2.45) is 0 Å². The van der Waals surface area contributed by atoms with Crippen LogP contribution in [0.25, 0.3) is 28.7 Å². The Morgan fingerprint density at radius 1 is 0.852 bits per heavy atom. The molecule has 4 rings (SSSR count). The van der Waals surface area contributed by atoms with Gasteiger partial charge in [0.15, 0.2) is 0 Å². The standard InChI is InChI=1S/C23H18N2O2/c1-27-19-14-12-18(13-15-19)25-22(16-11-17-7-3-2-4-8-17)24-21-10-6-5-9-20(21)23(25)26/h2-16H,1H3/b16-11+. The van der Waals surface area contributed by atoms with E-state index < -0.39 is 0 Å². The fraction of sp³-hybridized carbons (Fsp3) is 0.0435. The van der Waals surface area contributed by atoms with Crippen LogP contribution in [0.15, 0.2) is 83.7 Å². The molecule has 1 aromatic heterocycles. The summed E-state index contributed by atoms with van der Waals surface area (Å²) < 4.78 is 6.85. The second-order valence-electron chi connectivity index (χ2n) is 6.07. The lowest BCUT2D eigenvalue weighted by atomic mass is 10.2. The van der Waals surface area contributed by atoms with Crippen molar-refractivity contribution in [2.45, 2.75) is 0 Å². The maximum atomic E-state index is 13.2. The predicted octanol–water partition coefficient (Wildman–Crippen LogP) is 4.56. The fourth-order valence-corrected chi connectivity index (χ4v) is 2.98. The van der Waals surface area contributed by atoms with Gasteiger partial charge in [0.2, 0.25) is 0 Å². The third kappa shape index (κ3) is 3.37. The van der Waals surface area contributed by atoms with E-state index in [1.807, 2.05) is 84.9 Å². The van der Waals surface area contributed by atoms with Gasteiger partial charge in [-0.3, -0.25) is 9.36 Å². The van der Waals surface area contributed by atoms with E-state index in [4.69, 9.17) is 9.72 Å². The van der Waals surface area contributed by atoms with Crippen molar-refractivity contribution in [3.8, 4) is 11.4 Å². The Hall–Kier alpha value is -3.66. The van der Waals surface area contributed by atoms with Gasteiger partial charge in [-0.15, -0.1) is 0 Å². The van der Waals surface area contributed by atoms with Gasteiger partial charge in [-0.1, -0.05) is 48.5 Å². The Morgan fingerprint density at radius 3 is 2.30 bits per heavy atom. The van der Waals surface area contributed by atoms with Crippen LogP contribution in [0.5, 0.6) is 5.75 Å². The van der Waals surface area contributed by atoms with Crippen LogP contribution in [-0.4, -0.2) is 16.7 Å². The molecule has 0 unspecified atom stereocenters. The van der Waals surface area contributed by atoms with Gasteiger partial charge in [0, 0.05) is 0 Å². The molecule has 27 heavy (non-hydrogen) atoms. The number of methoxy groups -OCH3 is 1. The van der Waals surface area contributed by atoms with Gasteiger partial charge in [-0.25, -0.2) is 4.98 Å². The lowest BCUT2D eigenvalue weighted by molar-refractivity contribution is 0.414. The summed E-state index contributed by atoms with van der Waals surface area (Å²) in [6.45, 7) is 0. The van der Waals surface area contributed by atoms with E-state index in [1.54, 1.807) is 17.7 Å². The van der Waals surface area contributed by atoms with Gasteiger partial charge >= 0.3 is 0 Å². The molecule has 0 spiro atoms. The smallest absolute Gasteiger partial charge is 0.266 e. The van der Waals surface area contributed by atoms with Crippen LogP contribution in [0.1, 0.15) is 11.4 Å². The van der Waals surface area contributed by atoms with Crippen LogP contribution in [0.4, 0.5) is 0 Å². The maximum Gasteiger partial charge on any atom is 0.266 e. The molecule has 0 saturated heterocycles. The van der Waals surface area contributed by atoms with Crippen LogP contribution in [-0.2, 0) is 0 Å². The van der Waals surface area contributed by atoms with Crippen LogP contribution in [0.2, 0.25) is 0 Å². The average Bonchev–Trinajstić information content (AvgIpc) is 2.73. The first-order valence-electron chi connectivity index (χ1n) is 8.65. The zero-order chi connectivity index (χ0) is 18.6. The van der Waals surface area contributed by atoms with Crippen LogP contribution >= 0.6 is 0 Å². The first-order valence-corrected chi connectivity index (χ1v) is 8.65. The van der Waals surface area contributed by atoms with Crippen molar-refractivity contribution in [1.29, 1.82) is 0 Å². The molecule has 0 bridgehead atoms. The first kappa shape index (κ1) is 16.8. The molecule has 4 nitrogen and oxygen atoms in total. The minimum Gasteiger partial charge on any atom is -0.497 e. The summed E-state index contributed by atoms with van der Waals surface area (Å²) in [6, 6.07) is 24.7. The van der Waals surface area contributed by atoms with Gasteiger partial charge < -0.3 is 4.74 Å². The quantitative estimate of drug-likeness (QED) is 0.539. The summed E-state index contributed by atoms with van der Waals surface area (Å²) in [5, 5.41) is 0.588. The zero-order valence-corrected chi connectivity index (χ0v) is 14.9. The average molecular weight is 354 g/mol. The summed E-state index contributed by atoms with van der Waals surface area (Å²) in [5.74, 6) is 1.31. The number of aromatic nitrogens is 2. The Balaban J connectivity index is 1.92. The molecule has 0 N–H and O–H groups in total. The largest absolute Gasteiger partial charge is 0.497 e. The second-order valence-corrected chi connectivity index (χ2v) is 6.07. The molecule has 0 aliphatic carbocycles. The van der Waals surface area contributed by atoms with Crippen molar-refractivity contribution >= 4 is 23.1 Å². The van der Waals surface area contributed by atoms with E-state index in [0.717, 1.165) is 17.0 Å². The molecule has 4 aromatic rings.